The van der Waals surface area contributed by atoms with E-state index in [4.69, 9.17) is 11.1 Å². The number of amidine groups is 1. The Kier molecular flexibility index (Phi) is 2.59. The van der Waals surface area contributed by atoms with Crippen LogP contribution in [0, 0.1) is 5.41 Å². The Morgan fingerprint density at radius 2 is 2.55 bits per heavy atom. The number of hydrogen-bond acceptors (Lipinski definition) is 3. The zero-order chi connectivity index (χ0) is 8.27. The van der Waals surface area contributed by atoms with Crippen molar-refractivity contribution in [3.8, 4) is 0 Å². The summed E-state index contributed by atoms with van der Waals surface area (Å²) in [4.78, 5) is 4.95. The standard InChI is InChI=1S/C7H11N3S/c1-2-3-5-6(7(8)9)11-4-10-5/h4H,2-3H2,1H3,(H3,8,9). The SMILES string of the molecule is CCCc1ncsc1C(=N)N. The summed E-state index contributed by atoms with van der Waals surface area (Å²) in [6, 6.07) is 0. The molecule has 1 aromatic rings. The lowest BCUT2D eigenvalue weighted by molar-refractivity contribution is 0.890. The summed E-state index contributed by atoms with van der Waals surface area (Å²) in [5.74, 6) is 0.135. The molecule has 0 aliphatic carbocycles. The van der Waals surface area contributed by atoms with E-state index in [1.807, 2.05) is 0 Å². The largest absolute Gasteiger partial charge is 0.383 e. The number of rotatable bonds is 3. The molecule has 0 amide bonds. The van der Waals surface area contributed by atoms with Crippen LogP contribution in [0.15, 0.2) is 5.51 Å². The maximum atomic E-state index is 7.22. The summed E-state index contributed by atoms with van der Waals surface area (Å²) in [5.41, 5.74) is 8.04. The minimum Gasteiger partial charge on any atom is -0.383 e. The van der Waals surface area contributed by atoms with Gasteiger partial charge in [-0.25, -0.2) is 4.98 Å². The average molecular weight is 169 g/mol. The van der Waals surface area contributed by atoms with Crippen molar-refractivity contribution in [3.05, 3.63) is 16.1 Å². The summed E-state index contributed by atoms with van der Waals surface area (Å²) in [5, 5.41) is 7.22. The molecule has 60 valence electrons. The first-order chi connectivity index (χ1) is 5.25. The quantitative estimate of drug-likeness (QED) is 0.530. The van der Waals surface area contributed by atoms with E-state index in [9.17, 15) is 0 Å². The van der Waals surface area contributed by atoms with Crippen LogP contribution in [0.4, 0.5) is 0 Å². The van der Waals surface area contributed by atoms with Gasteiger partial charge in [-0.1, -0.05) is 13.3 Å². The smallest absolute Gasteiger partial charge is 0.135 e. The van der Waals surface area contributed by atoms with Gasteiger partial charge in [0.2, 0.25) is 0 Å². The Labute approximate surface area is 69.8 Å². The Hall–Kier alpha value is -0.900. The number of nitrogens with two attached hydrogens (primary N) is 1. The first-order valence-electron chi connectivity index (χ1n) is 3.52. The van der Waals surface area contributed by atoms with Crippen molar-refractivity contribution in [3.63, 3.8) is 0 Å². The zero-order valence-electron chi connectivity index (χ0n) is 6.42. The van der Waals surface area contributed by atoms with Crippen molar-refractivity contribution in [2.75, 3.05) is 0 Å². The van der Waals surface area contributed by atoms with Crippen LogP contribution in [0.2, 0.25) is 0 Å². The molecular formula is C7H11N3S. The Morgan fingerprint density at radius 1 is 1.82 bits per heavy atom. The molecule has 1 aromatic heterocycles. The van der Waals surface area contributed by atoms with Gasteiger partial charge in [-0.05, 0) is 6.42 Å². The van der Waals surface area contributed by atoms with E-state index in [-0.39, 0.29) is 5.84 Å². The molecule has 0 aliphatic heterocycles. The molecule has 0 atom stereocenters. The van der Waals surface area contributed by atoms with E-state index in [0.29, 0.717) is 0 Å². The number of hydrogen-bond donors (Lipinski definition) is 2. The third-order valence-corrected chi connectivity index (χ3v) is 2.27. The molecule has 0 saturated carbocycles. The molecule has 0 aliphatic rings. The van der Waals surface area contributed by atoms with Gasteiger partial charge >= 0.3 is 0 Å². The number of nitrogens with zero attached hydrogens (tertiary/aromatic N) is 1. The second-order valence-corrected chi connectivity index (χ2v) is 3.15. The number of thiazole rings is 1. The fourth-order valence-corrected chi connectivity index (χ4v) is 1.61. The third kappa shape index (κ3) is 1.77. The molecule has 0 radical (unpaired) electrons. The van der Waals surface area contributed by atoms with Gasteiger partial charge < -0.3 is 5.73 Å². The van der Waals surface area contributed by atoms with E-state index in [1.165, 1.54) is 11.3 Å². The summed E-state index contributed by atoms with van der Waals surface area (Å²) in [6.45, 7) is 2.09. The number of nitrogen functional groups attached to an aromatic ring is 1. The molecule has 0 spiro atoms. The maximum Gasteiger partial charge on any atom is 0.135 e. The Balaban J connectivity index is 2.87. The van der Waals surface area contributed by atoms with Crippen LogP contribution in [0.1, 0.15) is 23.9 Å². The van der Waals surface area contributed by atoms with Crippen molar-refractivity contribution < 1.29 is 0 Å². The highest BCUT2D eigenvalue weighted by Crippen LogP contribution is 2.13. The lowest BCUT2D eigenvalue weighted by Gasteiger charge is -1.96. The summed E-state index contributed by atoms with van der Waals surface area (Å²) in [6.07, 6.45) is 1.96. The van der Waals surface area contributed by atoms with E-state index >= 15 is 0 Å². The molecule has 0 saturated heterocycles. The fraction of sp³-hybridized carbons (Fsp3) is 0.429. The van der Waals surface area contributed by atoms with Crippen LogP contribution in [0.5, 0.6) is 0 Å². The molecule has 0 unspecified atom stereocenters. The molecule has 1 rings (SSSR count). The van der Waals surface area contributed by atoms with Gasteiger partial charge in [0.1, 0.15) is 5.84 Å². The Bertz CT molecular complexity index is 254. The molecule has 4 heteroatoms. The van der Waals surface area contributed by atoms with Crippen LogP contribution in [0.25, 0.3) is 0 Å². The van der Waals surface area contributed by atoms with Gasteiger partial charge in [-0.2, -0.15) is 0 Å². The third-order valence-electron chi connectivity index (χ3n) is 1.37. The highest BCUT2D eigenvalue weighted by atomic mass is 32.1. The van der Waals surface area contributed by atoms with Gasteiger partial charge in [-0.3, -0.25) is 5.41 Å². The van der Waals surface area contributed by atoms with Crippen molar-refractivity contribution >= 4 is 17.2 Å². The van der Waals surface area contributed by atoms with Gasteiger partial charge in [0.15, 0.2) is 0 Å². The first kappa shape index (κ1) is 8.20. The van der Waals surface area contributed by atoms with Crippen LogP contribution >= 0.6 is 11.3 Å². The van der Waals surface area contributed by atoms with Gasteiger partial charge in [0.05, 0.1) is 16.1 Å². The lowest BCUT2D eigenvalue weighted by atomic mass is 10.2. The molecule has 11 heavy (non-hydrogen) atoms. The topological polar surface area (TPSA) is 62.8 Å². The highest BCUT2D eigenvalue weighted by molar-refractivity contribution is 7.11. The van der Waals surface area contributed by atoms with E-state index in [1.54, 1.807) is 5.51 Å². The molecule has 1 heterocycles. The van der Waals surface area contributed by atoms with Crippen molar-refractivity contribution in [2.24, 2.45) is 5.73 Å². The van der Waals surface area contributed by atoms with Crippen LogP contribution in [-0.2, 0) is 6.42 Å². The molecule has 3 N–H and O–H groups in total. The fourth-order valence-electron chi connectivity index (χ4n) is 0.903. The molecular weight excluding hydrogens is 158 g/mol. The van der Waals surface area contributed by atoms with E-state index < -0.39 is 0 Å². The number of aryl methyl sites for hydroxylation is 1. The predicted molar refractivity (Wildman–Crippen MR) is 47.1 cm³/mol. The summed E-state index contributed by atoms with van der Waals surface area (Å²) >= 11 is 1.44. The lowest BCUT2D eigenvalue weighted by Crippen LogP contribution is -2.11. The Morgan fingerprint density at radius 3 is 3.09 bits per heavy atom. The normalized spacial score (nSPS) is 9.91. The minimum atomic E-state index is 0.135. The van der Waals surface area contributed by atoms with E-state index in [2.05, 4.69) is 11.9 Å². The molecule has 0 aromatic carbocycles. The second kappa shape index (κ2) is 3.48. The maximum absolute atomic E-state index is 7.22. The number of aromatic nitrogens is 1. The van der Waals surface area contributed by atoms with Gasteiger partial charge in [0.25, 0.3) is 0 Å². The van der Waals surface area contributed by atoms with Crippen molar-refractivity contribution in [2.45, 2.75) is 19.8 Å². The van der Waals surface area contributed by atoms with Crippen LogP contribution in [-0.4, -0.2) is 10.8 Å². The second-order valence-electron chi connectivity index (χ2n) is 2.29. The molecule has 3 nitrogen and oxygen atoms in total. The molecule has 0 fully saturated rings. The van der Waals surface area contributed by atoms with E-state index in [0.717, 1.165) is 23.4 Å². The minimum absolute atomic E-state index is 0.135. The zero-order valence-corrected chi connectivity index (χ0v) is 7.24. The summed E-state index contributed by atoms with van der Waals surface area (Å²) < 4.78 is 0. The molecule has 0 bridgehead atoms. The predicted octanol–water partition coefficient (Wildman–Crippen LogP) is 1.38. The van der Waals surface area contributed by atoms with Gasteiger partial charge in [-0.15, -0.1) is 11.3 Å². The van der Waals surface area contributed by atoms with Crippen molar-refractivity contribution in [1.29, 1.82) is 5.41 Å². The van der Waals surface area contributed by atoms with Crippen molar-refractivity contribution in [1.82, 2.24) is 4.98 Å². The van der Waals surface area contributed by atoms with Crippen LogP contribution < -0.4 is 5.73 Å². The average Bonchev–Trinajstić information content (AvgIpc) is 2.36. The van der Waals surface area contributed by atoms with Crippen LogP contribution in [0.3, 0.4) is 0 Å². The summed E-state index contributed by atoms with van der Waals surface area (Å²) in [7, 11) is 0. The first-order valence-corrected chi connectivity index (χ1v) is 4.40. The highest BCUT2D eigenvalue weighted by Gasteiger charge is 2.06. The van der Waals surface area contributed by atoms with Gasteiger partial charge in [0, 0.05) is 0 Å². The monoisotopic (exact) mass is 169 g/mol. The number of nitrogens with one attached hydrogen (secondary N) is 1.